The van der Waals surface area contributed by atoms with Crippen LogP contribution in [0.3, 0.4) is 0 Å². The molecule has 0 aliphatic heterocycles. The molecule has 0 saturated heterocycles. The van der Waals surface area contributed by atoms with Gasteiger partial charge in [-0.1, -0.05) is 6.92 Å². The van der Waals surface area contributed by atoms with Crippen molar-refractivity contribution < 1.29 is 4.74 Å². The van der Waals surface area contributed by atoms with Crippen molar-refractivity contribution >= 4 is 0 Å². The molecule has 0 atom stereocenters. The largest absolute Gasteiger partial charge is 0.378 e. The molecule has 0 N–H and O–H groups in total. The number of aromatic nitrogens is 1. The van der Waals surface area contributed by atoms with Crippen molar-refractivity contribution in [2.75, 3.05) is 7.11 Å². The van der Waals surface area contributed by atoms with Crippen molar-refractivity contribution in [1.82, 2.24) is 4.98 Å². The van der Waals surface area contributed by atoms with Crippen LogP contribution in [0, 0.1) is 0 Å². The first-order valence-electron chi connectivity index (χ1n) is 3.79. The van der Waals surface area contributed by atoms with Gasteiger partial charge in [0.25, 0.3) is 0 Å². The van der Waals surface area contributed by atoms with Gasteiger partial charge in [-0.3, -0.25) is 4.98 Å². The second kappa shape index (κ2) is 4.09. The van der Waals surface area contributed by atoms with E-state index in [1.54, 1.807) is 7.11 Å². The van der Waals surface area contributed by atoms with Gasteiger partial charge in [0.05, 0.1) is 12.3 Å². The number of methoxy groups -OCH3 is 1. The molecule has 1 aromatic heterocycles. The molecular formula is C9H13NO. The fraction of sp³-hybridized carbons (Fsp3) is 0.444. The molecule has 0 radical (unpaired) electrons. The maximum absolute atomic E-state index is 4.96. The molecule has 0 aliphatic rings. The Balaban J connectivity index is 2.74. The van der Waals surface area contributed by atoms with Gasteiger partial charge < -0.3 is 4.74 Å². The Labute approximate surface area is 67.2 Å². The summed E-state index contributed by atoms with van der Waals surface area (Å²) in [6, 6.07) is 4.10. The highest BCUT2D eigenvalue weighted by molar-refractivity contribution is 5.15. The lowest BCUT2D eigenvalue weighted by molar-refractivity contribution is 0.181. The first-order chi connectivity index (χ1) is 5.36. The lowest BCUT2D eigenvalue weighted by Gasteiger charge is -2.00. The van der Waals surface area contributed by atoms with Crippen molar-refractivity contribution in [3.05, 3.63) is 29.6 Å². The van der Waals surface area contributed by atoms with E-state index in [0.29, 0.717) is 6.61 Å². The maximum Gasteiger partial charge on any atom is 0.0884 e. The molecule has 0 saturated carbocycles. The summed E-state index contributed by atoms with van der Waals surface area (Å²) in [4.78, 5) is 4.15. The molecular weight excluding hydrogens is 138 g/mol. The molecule has 0 aliphatic carbocycles. The Morgan fingerprint density at radius 1 is 1.55 bits per heavy atom. The minimum Gasteiger partial charge on any atom is -0.378 e. The van der Waals surface area contributed by atoms with E-state index in [4.69, 9.17) is 4.74 Å². The third-order valence-corrected chi connectivity index (χ3v) is 1.58. The van der Waals surface area contributed by atoms with Crippen molar-refractivity contribution in [1.29, 1.82) is 0 Å². The van der Waals surface area contributed by atoms with Crippen LogP contribution in [0.25, 0.3) is 0 Å². The van der Waals surface area contributed by atoms with Crippen molar-refractivity contribution in [2.24, 2.45) is 0 Å². The van der Waals surface area contributed by atoms with Crippen molar-refractivity contribution in [2.45, 2.75) is 20.0 Å². The predicted octanol–water partition coefficient (Wildman–Crippen LogP) is 1.79. The molecule has 1 heterocycles. The quantitative estimate of drug-likeness (QED) is 0.657. The zero-order valence-corrected chi connectivity index (χ0v) is 7.00. The van der Waals surface area contributed by atoms with E-state index in [-0.39, 0.29) is 0 Å². The van der Waals surface area contributed by atoms with Crippen LogP contribution in [0.5, 0.6) is 0 Å². The van der Waals surface area contributed by atoms with Crippen LogP contribution < -0.4 is 0 Å². The Hall–Kier alpha value is -0.890. The van der Waals surface area contributed by atoms with Crippen LogP contribution in [-0.2, 0) is 17.8 Å². The fourth-order valence-corrected chi connectivity index (χ4v) is 0.975. The molecule has 60 valence electrons. The van der Waals surface area contributed by atoms with Crippen LogP contribution in [0.4, 0.5) is 0 Å². The summed E-state index contributed by atoms with van der Waals surface area (Å²) in [5, 5.41) is 0. The van der Waals surface area contributed by atoms with Crippen LogP contribution in [0.2, 0.25) is 0 Å². The second-order valence-corrected chi connectivity index (χ2v) is 2.44. The summed E-state index contributed by atoms with van der Waals surface area (Å²) in [7, 11) is 1.68. The first kappa shape index (κ1) is 8.21. The van der Waals surface area contributed by atoms with Crippen LogP contribution in [-0.4, -0.2) is 12.1 Å². The van der Waals surface area contributed by atoms with Gasteiger partial charge in [0.2, 0.25) is 0 Å². The summed E-state index contributed by atoms with van der Waals surface area (Å²) in [6.45, 7) is 2.74. The lowest BCUT2D eigenvalue weighted by Crippen LogP contribution is -1.92. The molecule has 0 aromatic carbocycles. The number of pyridine rings is 1. The molecule has 0 spiro atoms. The normalized spacial score (nSPS) is 10.0. The molecule has 0 amide bonds. The van der Waals surface area contributed by atoms with Gasteiger partial charge in [0.15, 0.2) is 0 Å². The van der Waals surface area contributed by atoms with Gasteiger partial charge >= 0.3 is 0 Å². The number of ether oxygens (including phenoxy) is 1. The molecule has 0 unspecified atom stereocenters. The number of aryl methyl sites for hydroxylation is 1. The van der Waals surface area contributed by atoms with Crippen LogP contribution in [0.1, 0.15) is 18.2 Å². The minimum atomic E-state index is 0.605. The molecule has 1 aromatic rings. The van der Waals surface area contributed by atoms with Gasteiger partial charge in [-0.05, 0) is 24.1 Å². The fourth-order valence-electron chi connectivity index (χ4n) is 0.975. The van der Waals surface area contributed by atoms with E-state index in [1.807, 2.05) is 12.3 Å². The summed E-state index contributed by atoms with van der Waals surface area (Å²) < 4.78 is 4.96. The highest BCUT2D eigenvalue weighted by Gasteiger charge is 1.93. The predicted molar refractivity (Wildman–Crippen MR) is 44.3 cm³/mol. The number of rotatable bonds is 3. The van der Waals surface area contributed by atoms with Crippen LogP contribution in [0.15, 0.2) is 18.3 Å². The monoisotopic (exact) mass is 151 g/mol. The first-order valence-corrected chi connectivity index (χ1v) is 3.79. The van der Waals surface area contributed by atoms with Crippen molar-refractivity contribution in [3.63, 3.8) is 0 Å². The average Bonchev–Trinajstić information content (AvgIpc) is 2.06. The smallest absolute Gasteiger partial charge is 0.0884 e. The van der Waals surface area contributed by atoms with E-state index < -0.39 is 0 Å². The van der Waals surface area contributed by atoms with Crippen molar-refractivity contribution in [3.8, 4) is 0 Å². The van der Waals surface area contributed by atoms with Gasteiger partial charge in [-0.2, -0.15) is 0 Å². The maximum atomic E-state index is 4.96. The van der Waals surface area contributed by atoms with Gasteiger partial charge in [0, 0.05) is 13.3 Å². The van der Waals surface area contributed by atoms with E-state index in [0.717, 1.165) is 12.1 Å². The topological polar surface area (TPSA) is 22.1 Å². The van der Waals surface area contributed by atoms with E-state index in [9.17, 15) is 0 Å². The van der Waals surface area contributed by atoms with E-state index in [2.05, 4.69) is 18.0 Å². The summed E-state index contributed by atoms with van der Waals surface area (Å²) in [5.41, 5.74) is 2.32. The number of hydrogen-bond donors (Lipinski definition) is 0. The van der Waals surface area contributed by atoms with Gasteiger partial charge in [-0.15, -0.1) is 0 Å². The van der Waals surface area contributed by atoms with Gasteiger partial charge in [-0.25, -0.2) is 0 Å². The highest BCUT2D eigenvalue weighted by atomic mass is 16.5. The molecule has 11 heavy (non-hydrogen) atoms. The summed E-state index contributed by atoms with van der Waals surface area (Å²) in [5.74, 6) is 0. The zero-order valence-electron chi connectivity index (χ0n) is 7.00. The summed E-state index contributed by atoms with van der Waals surface area (Å²) in [6.07, 6.45) is 2.88. The third-order valence-electron chi connectivity index (χ3n) is 1.58. The molecule has 2 heteroatoms. The van der Waals surface area contributed by atoms with E-state index >= 15 is 0 Å². The lowest BCUT2D eigenvalue weighted by atomic mass is 10.2. The zero-order chi connectivity index (χ0) is 8.10. The number of hydrogen-bond acceptors (Lipinski definition) is 2. The van der Waals surface area contributed by atoms with E-state index in [1.165, 1.54) is 5.56 Å². The standard InChI is InChI=1S/C9H13NO/c1-3-8-4-5-10-9(6-8)7-11-2/h4-6H,3,7H2,1-2H3. The Morgan fingerprint density at radius 2 is 2.36 bits per heavy atom. The number of nitrogens with zero attached hydrogens (tertiary/aromatic N) is 1. The second-order valence-electron chi connectivity index (χ2n) is 2.44. The summed E-state index contributed by atoms with van der Waals surface area (Å²) >= 11 is 0. The molecule has 1 rings (SSSR count). The molecule has 2 nitrogen and oxygen atoms in total. The Morgan fingerprint density at radius 3 is 3.00 bits per heavy atom. The average molecular weight is 151 g/mol. The Bertz CT molecular complexity index is 223. The third kappa shape index (κ3) is 2.31. The van der Waals surface area contributed by atoms with Crippen LogP contribution >= 0.6 is 0 Å². The minimum absolute atomic E-state index is 0.605. The SMILES string of the molecule is CCc1ccnc(COC)c1. The Kier molecular flexibility index (Phi) is 3.05. The molecule has 0 bridgehead atoms. The molecule has 0 fully saturated rings. The highest BCUT2D eigenvalue weighted by Crippen LogP contribution is 2.02. The van der Waals surface area contributed by atoms with Gasteiger partial charge in [0.1, 0.15) is 0 Å².